The zero-order valence-electron chi connectivity index (χ0n) is 17.0. The number of hydrogen-bond donors (Lipinski definition) is 0. The summed E-state index contributed by atoms with van der Waals surface area (Å²) in [5.74, 6) is -0.400. The van der Waals surface area contributed by atoms with Crippen LogP contribution in [-0.4, -0.2) is 16.9 Å². The number of aryl methyl sites for hydroxylation is 1. The van der Waals surface area contributed by atoms with E-state index in [0.717, 1.165) is 40.6 Å². The van der Waals surface area contributed by atoms with E-state index in [9.17, 15) is 9.18 Å². The highest BCUT2D eigenvalue weighted by molar-refractivity contribution is 6.33. The Morgan fingerprint density at radius 2 is 1.84 bits per heavy atom. The molecule has 0 saturated carbocycles. The van der Waals surface area contributed by atoms with Gasteiger partial charge in [0, 0.05) is 27.7 Å². The van der Waals surface area contributed by atoms with Gasteiger partial charge in [0.2, 0.25) is 0 Å². The Kier molecular flexibility index (Phi) is 4.95. The van der Waals surface area contributed by atoms with E-state index in [1.54, 1.807) is 11.0 Å². The fourth-order valence-corrected chi connectivity index (χ4v) is 4.55. The maximum absolute atomic E-state index is 13.9. The highest BCUT2D eigenvalue weighted by Gasteiger charge is 2.30. The van der Waals surface area contributed by atoms with Crippen molar-refractivity contribution in [3.05, 3.63) is 94.8 Å². The van der Waals surface area contributed by atoms with Gasteiger partial charge < -0.3 is 4.90 Å². The van der Waals surface area contributed by atoms with Crippen LogP contribution in [0.1, 0.15) is 29.3 Å². The lowest BCUT2D eigenvalue weighted by Gasteiger charge is -2.35. The van der Waals surface area contributed by atoms with E-state index in [1.165, 1.54) is 12.1 Å². The second-order valence-corrected chi connectivity index (χ2v) is 8.30. The first-order chi connectivity index (χ1) is 15.0. The number of hydrogen-bond acceptors (Lipinski definition) is 2. The van der Waals surface area contributed by atoms with Crippen molar-refractivity contribution in [3.63, 3.8) is 0 Å². The quantitative estimate of drug-likeness (QED) is 0.355. The van der Waals surface area contributed by atoms with Gasteiger partial charge in [-0.3, -0.25) is 4.79 Å². The summed E-state index contributed by atoms with van der Waals surface area (Å²) in [4.78, 5) is 20.5. The zero-order chi connectivity index (χ0) is 21.5. The van der Waals surface area contributed by atoms with Crippen molar-refractivity contribution in [1.29, 1.82) is 0 Å². The van der Waals surface area contributed by atoms with Gasteiger partial charge in [0.25, 0.3) is 5.91 Å². The van der Waals surface area contributed by atoms with E-state index in [0.29, 0.717) is 16.3 Å². The molecule has 154 valence electrons. The van der Waals surface area contributed by atoms with Crippen LogP contribution in [0.25, 0.3) is 22.2 Å². The first kappa shape index (κ1) is 19.7. The molecule has 1 aliphatic heterocycles. The molecule has 0 spiro atoms. The number of carbonyl (C=O) groups is 1. The van der Waals surface area contributed by atoms with E-state index in [1.807, 2.05) is 61.5 Å². The molecular weight excluding hydrogens is 411 g/mol. The molecule has 0 saturated heterocycles. The van der Waals surface area contributed by atoms with Crippen LogP contribution in [0.4, 0.5) is 10.1 Å². The minimum atomic E-state index is -0.281. The summed E-state index contributed by atoms with van der Waals surface area (Å²) >= 11 is 6.42. The largest absolute Gasteiger partial charge is 0.305 e. The van der Waals surface area contributed by atoms with Crippen LogP contribution in [0.3, 0.4) is 0 Å². The topological polar surface area (TPSA) is 33.2 Å². The molecule has 3 nitrogen and oxygen atoms in total. The van der Waals surface area contributed by atoms with Crippen LogP contribution >= 0.6 is 11.6 Å². The van der Waals surface area contributed by atoms with Crippen LogP contribution in [0.2, 0.25) is 5.02 Å². The summed E-state index contributed by atoms with van der Waals surface area (Å²) in [7, 11) is 0. The average molecular weight is 431 g/mol. The van der Waals surface area contributed by atoms with Crippen LogP contribution in [0.5, 0.6) is 0 Å². The highest BCUT2D eigenvalue weighted by atomic mass is 35.5. The number of nitrogens with zero attached hydrogens (tertiary/aromatic N) is 2. The van der Waals surface area contributed by atoms with Crippen molar-refractivity contribution >= 4 is 34.1 Å². The lowest BCUT2D eigenvalue weighted by molar-refractivity contribution is 0.0976. The van der Waals surface area contributed by atoms with Crippen LogP contribution < -0.4 is 4.90 Å². The predicted octanol–water partition coefficient (Wildman–Crippen LogP) is 6.68. The van der Waals surface area contributed by atoms with Crippen LogP contribution in [0.15, 0.2) is 72.8 Å². The number of amides is 1. The minimum absolute atomic E-state index is 0.00107. The van der Waals surface area contributed by atoms with Crippen molar-refractivity contribution < 1.29 is 9.18 Å². The summed E-state index contributed by atoms with van der Waals surface area (Å²) < 4.78 is 13.8. The second-order valence-electron chi connectivity index (χ2n) is 7.89. The molecule has 0 N–H and O–H groups in total. The maximum atomic E-state index is 13.9. The van der Waals surface area contributed by atoms with Crippen molar-refractivity contribution in [2.45, 2.75) is 25.8 Å². The molecule has 5 heteroatoms. The molecule has 1 aromatic heterocycles. The van der Waals surface area contributed by atoms with Gasteiger partial charge in [-0.25, -0.2) is 9.37 Å². The number of halogens is 2. The molecule has 3 aromatic carbocycles. The van der Waals surface area contributed by atoms with Gasteiger partial charge in [-0.2, -0.15) is 0 Å². The van der Waals surface area contributed by atoms with Gasteiger partial charge in [0.15, 0.2) is 0 Å². The number of para-hydroxylation sites is 1. The lowest BCUT2D eigenvalue weighted by atomic mass is 9.94. The van der Waals surface area contributed by atoms with Crippen molar-refractivity contribution in [2.75, 3.05) is 4.90 Å². The third-order valence-corrected chi connectivity index (χ3v) is 6.22. The molecule has 0 radical (unpaired) electrons. The number of rotatable bonds is 2. The summed E-state index contributed by atoms with van der Waals surface area (Å²) in [5.41, 5.74) is 4.34. The Balaban J connectivity index is 1.70. The molecule has 0 bridgehead atoms. The van der Waals surface area contributed by atoms with E-state index >= 15 is 0 Å². The number of anilines is 1. The number of pyridine rings is 1. The molecule has 31 heavy (non-hydrogen) atoms. The SMILES string of the molecule is CC1CCc2cc(F)ccc2N1C(=O)c1cc(-c2ccccc2Cl)nc2ccccc12. The lowest BCUT2D eigenvalue weighted by Crippen LogP contribution is -2.42. The number of aromatic nitrogens is 1. The highest BCUT2D eigenvalue weighted by Crippen LogP contribution is 2.35. The summed E-state index contributed by atoms with van der Waals surface area (Å²) in [6.07, 6.45) is 1.53. The van der Waals surface area contributed by atoms with Gasteiger partial charge in [-0.05, 0) is 61.7 Å². The smallest absolute Gasteiger partial charge is 0.259 e. The monoisotopic (exact) mass is 430 g/mol. The van der Waals surface area contributed by atoms with Crippen LogP contribution in [0, 0.1) is 5.82 Å². The maximum Gasteiger partial charge on any atom is 0.259 e. The normalized spacial score (nSPS) is 15.7. The Labute approximate surface area is 185 Å². The first-order valence-electron chi connectivity index (χ1n) is 10.3. The van der Waals surface area contributed by atoms with Crippen molar-refractivity contribution in [3.8, 4) is 11.3 Å². The molecule has 0 aliphatic carbocycles. The molecule has 4 aromatic rings. The van der Waals surface area contributed by atoms with Gasteiger partial charge in [-0.15, -0.1) is 0 Å². The molecule has 0 fully saturated rings. The van der Waals surface area contributed by atoms with Gasteiger partial charge >= 0.3 is 0 Å². The minimum Gasteiger partial charge on any atom is -0.305 e. The Hall–Kier alpha value is -3.24. The van der Waals surface area contributed by atoms with Gasteiger partial charge in [-0.1, -0.05) is 48.0 Å². The average Bonchev–Trinajstić information content (AvgIpc) is 2.78. The molecule has 5 rings (SSSR count). The number of benzene rings is 3. The predicted molar refractivity (Wildman–Crippen MR) is 123 cm³/mol. The fourth-order valence-electron chi connectivity index (χ4n) is 4.32. The standard InChI is InChI=1S/C26H20ClFN2O/c1-16-10-11-17-14-18(28)12-13-25(17)30(16)26(31)21-15-24(20-7-2-4-8-22(20)27)29-23-9-5-3-6-19(21)23/h2-9,12-16H,10-11H2,1H3. The van der Waals surface area contributed by atoms with E-state index in [-0.39, 0.29) is 17.8 Å². The van der Waals surface area contributed by atoms with Crippen molar-refractivity contribution in [1.82, 2.24) is 4.98 Å². The summed E-state index contributed by atoms with van der Waals surface area (Å²) in [5, 5.41) is 1.36. The zero-order valence-corrected chi connectivity index (χ0v) is 17.7. The Morgan fingerprint density at radius 3 is 2.68 bits per heavy atom. The third kappa shape index (κ3) is 3.47. The van der Waals surface area contributed by atoms with E-state index in [2.05, 4.69) is 0 Å². The molecule has 1 aliphatic rings. The molecule has 1 atom stereocenters. The van der Waals surface area contributed by atoms with Crippen molar-refractivity contribution in [2.24, 2.45) is 0 Å². The first-order valence-corrected chi connectivity index (χ1v) is 10.7. The third-order valence-electron chi connectivity index (χ3n) is 5.89. The Morgan fingerprint density at radius 1 is 1.06 bits per heavy atom. The summed E-state index contributed by atoms with van der Waals surface area (Å²) in [6, 6.07) is 21.6. The fraction of sp³-hybridized carbons (Fsp3) is 0.154. The molecule has 1 amide bonds. The molecular formula is C26H20ClFN2O. The molecule has 2 heterocycles. The number of fused-ring (bicyclic) bond motifs is 2. The second kappa shape index (κ2) is 7.78. The summed E-state index contributed by atoms with van der Waals surface area (Å²) in [6.45, 7) is 2.03. The molecule has 1 unspecified atom stereocenters. The van der Waals surface area contributed by atoms with Crippen LogP contribution in [-0.2, 0) is 6.42 Å². The van der Waals surface area contributed by atoms with E-state index < -0.39 is 0 Å². The number of carbonyl (C=O) groups excluding carboxylic acids is 1. The van der Waals surface area contributed by atoms with E-state index in [4.69, 9.17) is 16.6 Å². The Bertz CT molecular complexity index is 1320. The van der Waals surface area contributed by atoms with Gasteiger partial charge in [0.1, 0.15) is 5.82 Å². The van der Waals surface area contributed by atoms with Gasteiger partial charge in [0.05, 0.1) is 16.8 Å².